The average Bonchev–Trinajstić information content (AvgIpc) is 3.13. The number of amides is 1. The van der Waals surface area contributed by atoms with E-state index in [-0.39, 0.29) is 11.3 Å². The number of carbonyl (C=O) groups is 2. The monoisotopic (exact) mass is 369 g/mol. The third kappa shape index (κ3) is 3.48. The van der Waals surface area contributed by atoms with Gasteiger partial charge in [-0.05, 0) is 17.7 Å². The zero-order valence-corrected chi connectivity index (χ0v) is 13.2. The number of aliphatic carboxylic acids is 1. The summed E-state index contributed by atoms with van der Waals surface area (Å²) in [7, 11) is 0. The molecule has 1 aromatic carbocycles. The molecule has 0 spiro atoms. The lowest BCUT2D eigenvalue weighted by Gasteiger charge is -2.14. The Kier molecular flexibility index (Phi) is 4.45. The summed E-state index contributed by atoms with van der Waals surface area (Å²) in [6.07, 6.45) is 2.69. The van der Waals surface area contributed by atoms with E-state index in [4.69, 9.17) is 0 Å². The Morgan fingerprint density at radius 1 is 1.28 bits per heavy atom. The van der Waals surface area contributed by atoms with Crippen molar-refractivity contribution in [2.45, 2.75) is 12.5 Å². The lowest BCUT2D eigenvalue weighted by atomic mass is 10.1. The van der Waals surface area contributed by atoms with E-state index in [2.05, 4.69) is 10.3 Å². The fourth-order valence-electron chi connectivity index (χ4n) is 2.23. The molecule has 2 aromatic heterocycles. The number of carbonyl (C=O) groups excluding carboxylic acids is 1. The number of halogens is 3. The average molecular weight is 369 g/mol. The van der Waals surface area contributed by atoms with Crippen LogP contribution in [-0.2, 0) is 11.2 Å². The van der Waals surface area contributed by atoms with Gasteiger partial charge in [0.15, 0.2) is 22.4 Å². The Balaban J connectivity index is 1.78. The molecule has 6 nitrogen and oxygen atoms in total. The Morgan fingerprint density at radius 3 is 2.56 bits per heavy atom. The maximum atomic E-state index is 13.2. The number of nitrogens with zero attached hydrogens (tertiary/aromatic N) is 2. The number of rotatable bonds is 5. The second-order valence-electron chi connectivity index (χ2n) is 5.16. The third-order valence-corrected chi connectivity index (χ3v) is 4.18. The molecule has 0 fully saturated rings. The summed E-state index contributed by atoms with van der Waals surface area (Å²) < 4.78 is 41.0. The topological polar surface area (TPSA) is 83.7 Å². The largest absolute Gasteiger partial charge is 0.480 e. The summed E-state index contributed by atoms with van der Waals surface area (Å²) in [6.45, 7) is 0. The van der Waals surface area contributed by atoms with Crippen LogP contribution in [0, 0.1) is 17.5 Å². The number of hydrogen-bond acceptors (Lipinski definition) is 4. The fraction of sp³-hybridized carbons (Fsp3) is 0.133. The van der Waals surface area contributed by atoms with Gasteiger partial charge in [-0.1, -0.05) is 0 Å². The van der Waals surface area contributed by atoms with Crippen LogP contribution in [0.5, 0.6) is 0 Å². The molecule has 2 N–H and O–H groups in total. The maximum absolute atomic E-state index is 13.2. The zero-order valence-electron chi connectivity index (χ0n) is 12.4. The summed E-state index contributed by atoms with van der Waals surface area (Å²) in [5.41, 5.74) is -0.0931. The van der Waals surface area contributed by atoms with Crippen molar-refractivity contribution in [3.63, 3.8) is 0 Å². The van der Waals surface area contributed by atoms with Crippen molar-refractivity contribution in [1.29, 1.82) is 0 Å². The van der Waals surface area contributed by atoms with Crippen LogP contribution in [0.4, 0.5) is 13.2 Å². The lowest BCUT2D eigenvalue weighted by Crippen LogP contribution is -2.42. The summed E-state index contributed by atoms with van der Waals surface area (Å²) in [5.74, 6) is -6.65. The molecule has 0 saturated carbocycles. The SMILES string of the molecule is O=C(N[C@H](Cc1cc(F)c(F)c(F)c1)C(=O)O)c1cn2ccsc2n1. The number of nitrogens with one attached hydrogen (secondary N) is 1. The number of hydrogen-bond donors (Lipinski definition) is 2. The van der Waals surface area contributed by atoms with Crippen LogP contribution < -0.4 is 5.32 Å². The Labute approximate surface area is 142 Å². The van der Waals surface area contributed by atoms with Gasteiger partial charge in [-0.15, -0.1) is 11.3 Å². The summed E-state index contributed by atoms with van der Waals surface area (Å²) >= 11 is 1.29. The van der Waals surface area contributed by atoms with Gasteiger partial charge in [-0.25, -0.2) is 22.9 Å². The van der Waals surface area contributed by atoms with Gasteiger partial charge < -0.3 is 10.4 Å². The van der Waals surface area contributed by atoms with E-state index in [0.717, 1.165) is 0 Å². The van der Waals surface area contributed by atoms with Crippen molar-refractivity contribution in [2.75, 3.05) is 0 Å². The first-order chi connectivity index (χ1) is 11.8. The molecule has 0 bridgehead atoms. The minimum absolute atomic E-state index is 0.00886. The Morgan fingerprint density at radius 2 is 1.96 bits per heavy atom. The summed E-state index contributed by atoms with van der Waals surface area (Å²) in [5, 5.41) is 13.2. The van der Waals surface area contributed by atoms with Crippen LogP contribution in [-0.4, -0.2) is 32.4 Å². The summed E-state index contributed by atoms with van der Waals surface area (Å²) in [6, 6.07) is -0.0864. The van der Waals surface area contributed by atoms with Gasteiger partial charge in [0.25, 0.3) is 5.91 Å². The molecule has 1 atom stereocenters. The second kappa shape index (κ2) is 6.55. The number of imidazole rings is 1. The number of carboxylic acids is 1. The van der Waals surface area contributed by atoms with Gasteiger partial charge in [0.05, 0.1) is 0 Å². The van der Waals surface area contributed by atoms with Gasteiger partial charge in [-0.2, -0.15) is 0 Å². The van der Waals surface area contributed by atoms with Crippen molar-refractivity contribution < 1.29 is 27.9 Å². The molecule has 0 saturated heterocycles. The molecule has 1 amide bonds. The van der Waals surface area contributed by atoms with E-state index in [1.165, 1.54) is 17.5 Å². The fourth-order valence-corrected chi connectivity index (χ4v) is 2.93. The summed E-state index contributed by atoms with van der Waals surface area (Å²) in [4.78, 5) is 28.1. The quantitative estimate of drug-likeness (QED) is 0.676. The van der Waals surface area contributed by atoms with Gasteiger partial charge in [0, 0.05) is 24.2 Å². The second-order valence-corrected chi connectivity index (χ2v) is 6.03. The van der Waals surface area contributed by atoms with E-state index in [9.17, 15) is 27.9 Å². The predicted octanol–water partition coefficient (Wildman–Crippen LogP) is 2.24. The molecule has 10 heteroatoms. The number of thiazole rings is 1. The first-order valence-corrected chi connectivity index (χ1v) is 7.82. The molecule has 0 radical (unpaired) electrons. The molecule has 0 unspecified atom stereocenters. The number of benzene rings is 1. The smallest absolute Gasteiger partial charge is 0.326 e. The zero-order chi connectivity index (χ0) is 18.1. The van der Waals surface area contributed by atoms with Crippen LogP contribution >= 0.6 is 11.3 Å². The standard InChI is InChI=1S/C15H10F3N3O3S/c16-8-3-7(4-9(17)12(8)18)5-10(14(23)24)19-13(22)11-6-21-1-2-25-15(21)20-11/h1-4,6,10H,5H2,(H,19,22)(H,23,24)/t10-/m1/s1. The van der Waals surface area contributed by atoms with Crippen LogP contribution in [0.2, 0.25) is 0 Å². The molecule has 0 aliphatic carbocycles. The molecule has 25 heavy (non-hydrogen) atoms. The highest BCUT2D eigenvalue weighted by Gasteiger charge is 2.24. The Bertz CT molecular complexity index is 918. The van der Waals surface area contributed by atoms with Crippen LogP contribution in [0.25, 0.3) is 4.96 Å². The van der Waals surface area contributed by atoms with Gasteiger partial charge >= 0.3 is 5.97 Å². The lowest BCUT2D eigenvalue weighted by molar-refractivity contribution is -0.139. The third-order valence-electron chi connectivity index (χ3n) is 3.41. The van der Waals surface area contributed by atoms with E-state index in [0.29, 0.717) is 17.1 Å². The van der Waals surface area contributed by atoms with Crippen molar-refractivity contribution >= 4 is 28.2 Å². The molecule has 2 heterocycles. The van der Waals surface area contributed by atoms with Crippen molar-refractivity contribution in [2.24, 2.45) is 0 Å². The minimum atomic E-state index is -1.64. The van der Waals surface area contributed by atoms with Crippen LogP contribution in [0.15, 0.2) is 29.9 Å². The van der Waals surface area contributed by atoms with Gasteiger partial charge in [-0.3, -0.25) is 9.20 Å². The molecular formula is C15H10F3N3O3S. The first-order valence-electron chi connectivity index (χ1n) is 6.94. The van der Waals surface area contributed by atoms with Crippen molar-refractivity contribution in [1.82, 2.24) is 14.7 Å². The minimum Gasteiger partial charge on any atom is -0.480 e. The van der Waals surface area contributed by atoms with Crippen molar-refractivity contribution in [3.05, 3.63) is 58.6 Å². The van der Waals surface area contributed by atoms with Crippen molar-refractivity contribution in [3.8, 4) is 0 Å². The first kappa shape index (κ1) is 17.0. The number of fused-ring (bicyclic) bond motifs is 1. The molecule has 0 aliphatic heterocycles. The number of aromatic nitrogens is 2. The van der Waals surface area contributed by atoms with E-state index >= 15 is 0 Å². The normalized spacial score (nSPS) is 12.3. The van der Waals surface area contributed by atoms with Gasteiger partial charge in [0.1, 0.15) is 11.7 Å². The highest BCUT2D eigenvalue weighted by molar-refractivity contribution is 7.15. The highest BCUT2D eigenvalue weighted by Crippen LogP contribution is 2.16. The van der Waals surface area contributed by atoms with E-state index < -0.39 is 41.8 Å². The molecule has 3 rings (SSSR count). The Hall–Kier alpha value is -2.88. The molecular weight excluding hydrogens is 359 g/mol. The molecule has 130 valence electrons. The molecule has 0 aliphatic rings. The maximum Gasteiger partial charge on any atom is 0.326 e. The van der Waals surface area contributed by atoms with Gasteiger partial charge in [0.2, 0.25) is 0 Å². The molecule has 3 aromatic rings. The highest BCUT2D eigenvalue weighted by atomic mass is 32.1. The number of carboxylic acid groups (broad SMARTS) is 1. The van der Waals surface area contributed by atoms with Crippen LogP contribution in [0.3, 0.4) is 0 Å². The van der Waals surface area contributed by atoms with Crippen LogP contribution in [0.1, 0.15) is 16.1 Å². The van der Waals surface area contributed by atoms with E-state index in [1.54, 1.807) is 16.0 Å². The van der Waals surface area contributed by atoms with E-state index in [1.807, 2.05) is 0 Å². The predicted molar refractivity (Wildman–Crippen MR) is 82.0 cm³/mol.